The van der Waals surface area contributed by atoms with Crippen LogP contribution in [0.2, 0.25) is 5.02 Å². The number of halogens is 1. The van der Waals surface area contributed by atoms with Crippen molar-refractivity contribution in [3.63, 3.8) is 0 Å². The Morgan fingerprint density at radius 2 is 1.59 bits per heavy atom. The van der Waals surface area contributed by atoms with Crippen LogP contribution in [-0.4, -0.2) is 10.7 Å². The number of hydrogen-bond donors (Lipinski definition) is 1. The second-order valence-electron chi connectivity index (χ2n) is 7.70. The van der Waals surface area contributed by atoms with E-state index in [-0.39, 0.29) is 5.92 Å². The third-order valence-electron chi connectivity index (χ3n) is 6.33. The van der Waals surface area contributed by atoms with E-state index in [0.29, 0.717) is 5.92 Å². The van der Waals surface area contributed by atoms with Gasteiger partial charge in [0.25, 0.3) is 0 Å². The lowest BCUT2D eigenvalue weighted by molar-refractivity contribution is -0.0368. The number of aryl methyl sites for hydroxylation is 1. The van der Waals surface area contributed by atoms with Gasteiger partial charge in [-0.15, -0.1) is 0 Å². The molecule has 0 aromatic heterocycles. The first-order chi connectivity index (χ1) is 13.1. The zero-order valence-corrected chi connectivity index (χ0v) is 17.3. The molecule has 144 valence electrons. The van der Waals surface area contributed by atoms with Crippen molar-refractivity contribution in [1.82, 2.24) is 0 Å². The zero-order chi connectivity index (χ0) is 19.4. The largest absolute Gasteiger partial charge is 0.389 e. The number of rotatable bonds is 2. The molecule has 0 spiro atoms. The predicted molar refractivity (Wildman–Crippen MR) is 116 cm³/mol. The van der Waals surface area contributed by atoms with Gasteiger partial charge in [-0.2, -0.15) is 0 Å². The highest BCUT2D eigenvalue weighted by molar-refractivity contribution is 6.30. The molecular formula is C25H31ClO. The van der Waals surface area contributed by atoms with Gasteiger partial charge in [-0.3, -0.25) is 0 Å². The van der Waals surface area contributed by atoms with Crippen LogP contribution in [0.25, 0.3) is 5.57 Å². The molecular weight excluding hydrogens is 352 g/mol. The zero-order valence-electron chi connectivity index (χ0n) is 16.5. The first-order valence-electron chi connectivity index (χ1n) is 10.3. The maximum absolute atomic E-state index is 11.4. The van der Waals surface area contributed by atoms with Crippen molar-refractivity contribution in [2.24, 2.45) is 5.92 Å². The molecule has 2 aromatic carbocycles. The minimum atomic E-state index is -0.604. The van der Waals surface area contributed by atoms with Crippen molar-refractivity contribution in [3.05, 3.63) is 76.8 Å². The van der Waals surface area contributed by atoms with E-state index in [1.807, 2.05) is 26.0 Å². The van der Waals surface area contributed by atoms with Gasteiger partial charge in [0.1, 0.15) is 0 Å². The Hall–Kier alpha value is -1.57. The highest BCUT2D eigenvalue weighted by Crippen LogP contribution is 2.48. The van der Waals surface area contributed by atoms with E-state index < -0.39 is 5.60 Å². The fourth-order valence-corrected chi connectivity index (χ4v) is 4.97. The molecule has 2 aromatic rings. The summed E-state index contributed by atoms with van der Waals surface area (Å²) in [6, 6.07) is 16.7. The summed E-state index contributed by atoms with van der Waals surface area (Å²) in [5.74, 6) is 0.718. The van der Waals surface area contributed by atoms with Crippen LogP contribution in [0.15, 0.2) is 55.1 Å². The molecule has 0 saturated heterocycles. The second-order valence-corrected chi connectivity index (χ2v) is 8.14. The van der Waals surface area contributed by atoms with Crippen molar-refractivity contribution in [2.45, 2.75) is 63.9 Å². The van der Waals surface area contributed by atoms with Crippen LogP contribution >= 0.6 is 11.6 Å². The SMILES string of the molecule is C=C1c2ccccc2CCC1C1(O)CCC(c2ccc(Cl)cc2)CC1.CC. The Labute approximate surface area is 169 Å². The Balaban J connectivity index is 0.00000102. The van der Waals surface area contributed by atoms with Crippen molar-refractivity contribution < 1.29 is 5.11 Å². The Morgan fingerprint density at radius 1 is 0.963 bits per heavy atom. The predicted octanol–water partition coefficient (Wildman–Crippen LogP) is 7.03. The van der Waals surface area contributed by atoms with Gasteiger partial charge >= 0.3 is 0 Å². The van der Waals surface area contributed by atoms with Gasteiger partial charge in [0.2, 0.25) is 0 Å². The molecule has 0 radical (unpaired) electrons. The lowest BCUT2D eigenvalue weighted by Crippen LogP contribution is -2.43. The molecule has 2 aliphatic carbocycles. The average molecular weight is 383 g/mol. The number of benzene rings is 2. The molecule has 0 aliphatic heterocycles. The third-order valence-corrected chi connectivity index (χ3v) is 6.58. The lowest BCUT2D eigenvalue weighted by atomic mass is 9.64. The van der Waals surface area contributed by atoms with Gasteiger partial charge < -0.3 is 5.11 Å². The van der Waals surface area contributed by atoms with Crippen molar-refractivity contribution in [3.8, 4) is 0 Å². The monoisotopic (exact) mass is 382 g/mol. The van der Waals surface area contributed by atoms with Crippen LogP contribution in [0.3, 0.4) is 0 Å². The molecule has 1 N–H and O–H groups in total. The van der Waals surface area contributed by atoms with Crippen LogP contribution < -0.4 is 0 Å². The van der Waals surface area contributed by atoms with Crippen molar-refractivity contribution >= 4 is 17.2 Å². The quantitative estimate of drug-likeness (QED) is 0.591. The third kappa shape index (κ3) is 4.15. The maximum Gasteiger partial charge on any atom is 0.0716 e. The molecule has 0 bridgehead atoms. The van der Waals surface area contributed by atoms with E-state index in [1.54, 1.807) is 0 Å². The fourth-order valence-electron chi connectivity index (χ4n) is 4.84. The van der Waals surface area contributed by atoms with Crippen LogP contribution in [-0.2, 0) is 6.42 Å². The molecule has 1 fully saturated rings. The Kier molecular flexibility index (Phi) is 6.44. The number of fused-ring (bicyclic) bond motifs is 1. The lowest BCUT2D eigenvalue weighted by Gasteiger charge is -2.44. The van der Waals surface area contributed by atoms with Crippen LogP contribution in [0.5, 0.6) is 0 Å². The molecule has 2 aliphatic rings. The normalized spacial score (nSPS) is 27.3. The summed E-state index contributed by atoms with van der Waals surface area (Å²) in [7, 11) is 0. The highest BCUT2D eigenvalue weighted by atomic mass is 35.5. The van der Waals surface area contributed by atoms with E-state index in [0.717, 1.165) is 49.1 Å². The summed E-state index contributed by atoms with van der Waals surface area (Å²) in [5, 5.41) is 12.2. The topological polar surface area (TPSA) is 20.2 Å². The van der Waals surface area contributed by atoms with Crippen LogP contribution in [0, 0.1) is 5.92 Å². The van der Waals surface area contributed by atoms with Crippen molar-refractivity contribution in [2.75, 3.05) is 0 Å². The average Bonchev–Trinajstić information content (AvgIpc) is 2.71. The summed E-state index contributed by atoms with van der Waals surface area (Å²) in [5.41, 5.74) is 4.51. The summed E-state index contributed by atoms with van der Waals surface area (Å²) in [6.07, 6.45) is 5.83. The van der Waals surface area contributed by atoms with Gasteiger partial charge in [-0.05, 0) is 78.8 Å². The highest BCUT2D eigenvalue weighted by Gasteiger charge is 2.43. The smallest absolute Gasteiger partial charge is 0.0716 e. The minimum absolute atomic E-state index is 0.188. The number of hydrogen-bond acceptors (Lipinski definition) is 1. The van der Waals surface area contributed by atoms with Gasteiger partial charge in [0.15, 0.2) is 0 Å². The van der Waals surface area contributed by atoms with E-state index in [4.69, 9.17) is 11.6 Å². The Morgan fingerprint density at radius 3 is 2.26 bits per heavy atom. The van der Waals surface area contributed by atoms with E-state index in [1.165, 1.54) is 16.7 Å². The first-order valence-corrected chi connectivity index (χ1v) is 10.7. The maximum atomic E-state index is 11.4. The van der Waals surface area contributed by atoms with E-state index in [2.05, 4.69) is 43.0 Å². The van der Waals surface area contributed by atoms with Gasteiger partial charge in [0, 0.05) is 10.9 Å². The summed E-state index contributed by atoms with van der Waals surface area (Å²) in [4.78, 5) is 0. The molecule has 0 amide bonds. The van der Waals surface area contributed by atoms with Crippen LogP contribution in [0.1, 0.15) is 68.6 Å². The van der Waals surface area contributed by atoms with Crippen LogP contribution in [0.4, 0.5) is 0 Å². The summed E-state index contributed by atoms with van der Waals surface area (Å²) >= 11 is 6.01. The minimum Gasteiger partial charge on any atom is -0.389 e. The standard InChI is InChI=1S/C23H25ClO.C2H6/c1-16-21-5-3-2-4-19(21)8-11-22(16)23(25)14-12-18(13-15-23)17-6-9-20(24)10-7-17;1-2/h2-7,9-10,18,22,25H,1,8,11-15H2;1-2H3. The van der Waals surface area contributed by atoms with E-state index >= 15 is 0 Å². The molecule has 2 heteroatoms. The molecule has 27 heavy (non-hydrogen) atoms. The molecule has 0 heterocycles. The summed E-state index contributed by atoms with van der Waals surface area (Å²) in [6.45, 7) is 8.37. The van der Waals surface area contributed by atoms with Crippen molar-refractivity contribution in [1.29, 1.82) is 0 Å². The molecule has 1 saturated carbocycles. The first kappa shape index (κ1) is 20.2. The van der Waals surface area contributed by atoms with E-state index in [9.17, 15) is 5.11 Å². The van der Waals surface area contributed by atoms with Gasteiger partial charge in [-0.1, -0.05) is 68.4 Å². The molecule has 1 atom stereocenters. The summed E-state index contributed by atoms with van der Waals surface area (Å²) < 4.78 is 0. The number of aliphatic hydroxyl groups is 1. The second kappa shape index (κ2) is 8.63. The molecule has 1 nitrogen and oxygen atoms in total. The van der Waals surface area contributed by atoms with Gasteiger partial charge in [-0.25, -0.2) is 0 Å². The molecule has 1 unspecified atom stereocenters. The fraction of sp³-hybridized carbons (Fsp3) is 0.440. The van der Waals surface area contributed by atoms with Gasteiger partial charge in [0.05, 0.1) is 5.60 Å². The Bertz CT molecular complexity index is 769. The molecule has 4 rings (SSSR count).